The predicted molar refractivity (Wildman–Crippen MR) is 101 cm³/mol. The van der Waals surface area contributed by atoms with E-state index in [0.717, 1.165) is 21.8 Å². The molecule has 0 spiro atoms. The number of nitrogens with one attached hydrogen (secondary N) is 1. The molecule has 8 heteroatoms. The highest BCUT2D eigenvalue weighted by Crippen LogP contribution is 2.31. The van der Waals surface area contributed by atoms with Crippen LogP contribution in [-0.2, 0) is 34.3 Å². The van der Waals surface area contributed by atoms with Crippen molar-refractivity contribution in [1.29, 1.82) is 0 Å². The first-order chi connectivity index (χ1) is 12.4. The number of hydrogen-bond donors (Lipinski definition) is 1. The minimum atomic E-state index is -3.58. The van der Waals surface area contributed by atoms with E-state index in [1.54, 1.807) is 30.2 Å². The smallest absolute Gasteiger partial charge is 0.250 e. The number of sulfonamides is 1. The van der Waals surface area contributed by atoms with Crippen LogP contribution < -0.4 is 9.46 Å². The van der Waals surface area contributed by atoms with Crippen LogP contribution in [0.4, 0.5) is 0 Å². The average Bonchev–Trinajstić information content (AvgIpc) is 3.10. The van der Waals surface area contributed by atoms with Crippen LogP contribution in [0.5, 0.6) is 5.75 Å². The standard InChI is InChI=1S/C18H22N2O4S2/c1-3-17(21)20-9-8-16-14(12-20)10-18(25-16)26(22,23)19-11-13-4-6-15(24-2)7-5-13/h4-7,10,19H,3,8-9,11-12H2,1-2H3. The molecule has 2 heterocycles. The van der Waals surface area contributed by atoms with Crippen LogP contribution in [0.25, 0.3) is 0 Å². The second kappa shape index (κ2) is 7.77. The van der Waals surface area contributed by atoms with Crippen LogP contribution in [0.2, 0.25) is 0 Å². The van der Waals surface area contributed by atoms with Gasteiger partial charge in [0.2, 0.25) is 15.9 Å². The molecule has 1 aliphatic heterocycles. The van der Waals surface area contributed by atoms with E-state index in [9.17, 15) is 13.2 Å². The number of nitrogens with zero attached hydrogens (tertiary/aromatic N) is 1. The van der Waals surface area contributed by atoms with Gasteiger partial charge in [0.1, 0.15) is 9.96 Å². The zero-order valence-electron chi connectivity index (χ0n) is 14.8. The SMILES string of the molecule is CCC(=O)N1CCc2sc(S(=O)(=O)NCc3ccc(OC)cc3)cc2C1. The van der Waals surface area contributed by atoms with Crippen LogP contribution in [0.15, 0.2) is 34.5 Å². The molecule has 0 radical (unpaired) electrons. The van der Waals surface area contributed by atoms with Crippen molar-refractivity contribution in [3.05, 3.63) is 46.3 Å². The van der Waals surface area contributed by atoms with Gasteiger partial charge in [-0.25, -0.2) is 13.1 Å². The Bertz CT molecular complexity index is 888. The molecular weight excluding hydrogens is 372 g/mol. The number of amides is 1. The first-order valence-electron chi connectivity index (χ1n) is 8.45. The minimum absolute atomic E-state index is 0.101. The second-order valence-corrected chi connectivity index (χ2v) is 9.24. The maximum Gasteiger partial charge on any atom is 0.250 e. The van der Waals surface area contributed by atoms with E-state index in [1.807, 2.05) is 19.1 Å². The Hall–Kier alpha value is -1.90. The number of carbonyl (C=O) groups is 1. The van der Waals surface area contributed by atoms with Crippen molar-refractivity contribution >= 4 is 27.3 Å². The number of methoxy groups -OCH3 is 1. The molecule has 1 N–H and O–H groups in total. The van der Waals surface area contributed by atoms with Crippen molar-refractivity contribution in [3.63, 3.8) is 0 Å². The Morgan fingerprint density at radius 2 is 2.04 bits per heavy atom. The summed E-state index contributed by atoms with van der Waals surface area (Å²) in [5, 5.41) is 0. The zero-order chi connectivity index (χ0) is 18.7. The Morgan fingerprint density at radius 3 is 2.69 bits per heavy atom. The van der Waals surface area contributed by atoms with Gasteiger partial charge in [-0.1, -0.05) is 19.1 Å². The molecule has 1 aromatic carbocycles. The quantitative estimate of drug-likeness (QED) is 0.817. The van der Waals surface area contributed by atoms with Crippen molar-refractivity contribution in [1.82, 2.24) is 9.62 Å². The van der Waals surface area contributed by atoms with Crippen molar-refractivity contribution < 1.29 is 17.9 Å². The van der Waals surface area contributed by atoms with E-state index in [-0.39, 0.29) is 12.5 Å². The molecule has 140 valence electrons. The molecule has 6 nitrogen and oxygen atoms in total. The van der Waals surface area contributed by atoms with E-state index < -0.39 is 10.0 Å². The Kier molecular flexibility index (Phi) is 5.64. The summed E-state index contributed by atoms with van der Waals surface area (Å²) >= 11 is 1.30. The van der Waals surface area contributed by atoms with Gasteiger partial charge < -0.3 is 9.64 Å². The van der Waals surface area contributed by atoms with Crippen LogP contribution in [0, 0.1) is 0 Å². The van der Waals surface area contributed by atoms with Crippen LogP contribution in [0.1, 0.15) is 29.3 Å². The molecule has 0 fully saturated rings. The highest BCUT2D eigenvalue weighted by Gasteiger charge is 2.25. The van der Waals surface area contributed by atoms with E-state index in [1.165, 1.54) is 11.3 Å². The molecule has 0 atom stereocenters. The van der Waals surface area contributed by atoms with Gasteiger partial charge in [-0.15, -0.1) is 11.3 Å². The highest BCUT2D eigenvalue weighted by molar-refractivity contribution is 7.91. The normalized spacial score (nSPS) is 14.2. The lowest BCUT2D eigenvalue weighted by molar-refractivity contribution is -0.131. The summed E-state index contributed by atoms with van der Waals surface area (Å²) in [6.07, 6.45) is 1.17. The molecule has 3 rings (SSSR count). The van der Waals surface area contributed by atoms with E-state index in [4.69, 9.17) is 4.74 Å². The summed E-state index contributed by atoms with van der Waals surface area (Å²) in [5.74, 6) is 0.831. The molecule has 0 saturated carbocycles. The first kappa shape index (κ1) is 18.9. The van der Waals surface area contributed by atoms with Crippen molar-refractivity contribution in [2.24, 2.45) is 0 Å². The molecule has 2 aromatic rings. The van der Waals surface area contributed by atoms with E-state index >= 15 is 0 Å². The lowest BCUT2D eigenvalue weighted by Gasteiger charge is -2.26. The Morgan fingerprint density at radius 1 is 1.31 bits per heavy atom. The number of carbonyl (C=O) groups excluding carboxylic acids is 1. The molecule has 0 aliphatic carbocycles. The predicted octanol–water partition coefficient (Wildman–Crippen LogP) is 2.53. The molecule has 1 aromatic heterocycles. The van der Waals surface area contributed by atoms with Crippen LogP contribution in [-0.4, -0.2) is 32.9 Å². The summed E-state index contributed by atoms with van der Waals surface area (Å²) in [4.78, 5) is 14.7. The molecule has 0 saturated heterocycles. The van der Waals surface area contributed by atoms with Gasteiger partial charge in [0, 0.05) is 30.9 Å². The van der Waals surface area contributed by atoms with Gasteiger partial charge >= 0.3 is 0 Å². The fraction of sp³-hybridized carbons (Fsp3) is 0.389. The van der Waals surface area contributed by atoms with Crippen molar-refractivity contribution in [3.8, 4) is 5.75 Å². The molecule has 0 unspecified atom stereocenters. The third kappa shape index (κ3) is 4.08. The summed E-state index contributed by atoms with van der Waals surface area (Å²) in [6.45, 7) is 3.20. The average molecular weight is 395 g/mol. The molecule has 26 heavy (non-hydrogen) atoms. The van der Waals surface area contributed by atoms with Crippen molar-refractivity contribution in [2.45, 2.75) is 37.1 Å². The molecule has 0 bridgehead atoms. The lowest BCUT2D eigenvalue weighted by atomic mass is 10.1. The fourth-order valence-corrected chi connectivity index (χ4v) is 5.47. The Labute approximate surface area is 157 Å². The maximum atomic E-state index is 12.6. The number of fused-ring (bicyclic) bond motifs is 1. The molecule has 1 amide bonds. The zero-order valence-corrected chi connectivity index (χ0v) is 16.5. The summed E-state index contributed by atoms with van der Waals surface area (Å²) in [6, 6.07) is 8.95. The van der Waals surface area contributed by atoms with Gasteiger partial charge in [0.05, 0.1) is 7.11 Å². The third-order valence-electron chi connectivity index (χ3n) is 4.39. The van der Waals surface area contributed by atoms with Gasteiger partial charge in [0.25, 0.3) is 0 Å². The molecular formula is C18H22N2O4S2. The minimum Gasteiger partial charge on any atom is -0.497 e. The highest BCUT2D eigenvalue weighted by atomic mass is 32.2. The fourth-order valence-electron chi connectivity index (χ4n) is 2.87. The van der Waals surface area contributed by atoms with Crippen LogP contribution in [0.3, 0.4) is 0 Å². The number of thiophene rings is 1. The van der Waals surface area contributed by atoms with Gasteiger partial charge in [0.15, 0.2) is 0 Å². The third-order valence-corrected chi connectivity index (χ3v) is 7.50. The van der Waals surface area contributed by atoms with Gasteiger partial charge in [-0.2, -0.15) is 0 Å². The van der Waals surface area contributed by atoms with Crippen molar-refractivity contribution in [2.75, 3.05) is 13.7 Å². The summed E-state index contributed by atoms with van der Waals surface area (Å²) < 4.78 is 33.3. The summed E-state index contributed by atoms with van der Waals surface area (Å²) in [7, 11) is -1.99. The second-order valence-electron chi connectivity index (χ2n) is 6.11. The Balaban J connectivity index is 1.70. The number of benzene rings is 1. The maximum absolute atomic E-state index is 12.6. The van der Waals surface area contributed by atoms with E-state index in [2.05, 4.69) is 4.72 Å². The van der Waals surface area contributed by atoms with Gasteiger partial charge in [-0.05, 0) is 35.7 Å². The number of hydrogen-bond acceptors (Lipinski definition) is 5. The number of ether oxygens (including phenoxy) is 1. The largest absolute Gasteiger partial charge is 0.497 e. The summed E-state index contributed by atoms with van der Waals surface area (Å²) in [5.41, 5.74) is 1.79. The monoisotopic (exact) mass is 394 g/mol. The van der Waals surface area contributed by atoms with E-state index in [0.29, 0.717) is 30.1 Å². The van der Waals surface area contributed by atoms with Crippen LogP contribution >= 0.6 is 11.3 Å². The molecule has 1 aliphatic rings. The number of rotatable bonds is 6. The van der Waals surface area contributed by atoms with Gasteiger partial charge in [-0.3, -0.25) is 4.79 Å². The lowest BCUT2D eigenvalue weighted by Crippen LogP contribution is -2.34. The first-order valence-corrected chi connectivity index (χ1v) is 10.7. The topological polar surface area (TPSA) is 75.7 Å².